The Kier molecular flexibility index (Phi) is 11.2. The van der Waals surface area contributed by atoms with Crippen LogP contribution in [0.15, 0.2) is 182 Å². The van der Waals surface area contributed by atoms with E-state index in [1.807, 2.05) is 24.3 Å². The van der Waals surface area contributed by atoms with Gasteiger partial charge in [-0.25, -0.2) is 19.2 Å². The van der Waals surface area contributed by atoms with Crippen molar-refractivity contribution in [1.82, 2.24) is 0 Å². The molecule has 2 spiro atoms. The minimum atomic E-state index is -1.17. The number of ether oxygens (including phenoxy) is 4. The smallest absolute Gasteiger partial charge is 0.340 e. The van der Waals surface area contributed by atoms with Crippen LogP contribution in [0.1, 0.15) is 74.8 Å². The second kappa shape index (κ2) is 17.4. The minimum absolute atomic E-state index is 0.0371. The first-order valence-electron chi connectivity index (χ1n) is 20.7. The Morgan fingerprint density at radius 3 is 0.912 bits per heavy atom. The van der Waals surface area contributed by atoms with E-state index in [1.165, 1.54) is 48.5 Å². The van der Waals surface area contributed by atoms with E-state index in [0.717, 1.165) is 0 Å². The van der Waals surface area contributed by atoms with Crippen LogP contribution in [0.25, 0.3) is 0 Å². The van der Waals surface area contributed by atoms with Crippen molar-refractivity contribution in [1.29, 1.82) is 0 Å². The fourth-order valence-corrected chi connectivity index (χ4v) is 8.47. The summed E-state index contributed by atoms with van der Waals surface area (Å²) in [6.45, 7) is 0. The number of esters is 2. The first-order valence-corrected chi connectivity index (χ1v) is 20.7. The van der Waals surface area contributed by atoms with Crippen molar-refractivity contribution < 1.29 is 68.8 Å². The average Bonchev–Trinajstić information content (AvgIpc) is 3.80. The summed E-state index contributed by atoms with van der Waals surface area (Å²) in [5.74, 6) is -0.942. The van der Waals surface area contributed by atoms with Gasteiger partial charge in [0.1, 0.15) is 46.0 Å². The van der Waals surface area contributed by atoms with E-state index in [2.05, 4.69) is 0 Å². The molecule has 14 heteroatoms. The first kappa shape index (κ1) is 43.7. The van der Waals surface area contributed by atoms with Gasteiger partial charge in [-0.3, -0.25) is 0 Å². The molecule has 0 unspecified atom stereocenters. The van der Waals surface area contributed by atoms with Crippen molar-refractivity contribution in [3.63, 3.8) is 0 Å². The lowest BCUT2D eigenvalue weighted by molar-refractivity contribution is 0.0214. The molecule has 8 aromatic rings. The van der Waals surface area contributed by atoms with Crippen molar-refractivity contribution in [2.24, 2.45) is 0 Å². The average molecular weight is 909 g/mol. The highest BCUT2D eigenvalue weighted by atomic mass is 16.6. The zero-order valence-corrected chi connectivity index (χ0v) is 35.3. The van der Waals surface area contributed by atoms with Gasteiger partial charge >= 0.3 is 23.9 Å². The molecule has 4 aliphatic rings. The lowest BCUT2D eigenvalue weighted by atomic mass is 9.77. The molecule has 0 radical (unpaired) electrons. The number of aromatic hydroxyl groups is 4. The molecular weight excluding hydrogens is 873 g/mol. The second-order valence-corrected chi connectivity index (χ2v) is 15.5. The third-order valence-electron chi connectivity index (χ3n) is 11.4. The number of phenols is 4. The molecule has 14 nitrogen and oxygen atoms in total. The summed E-state index contributed by atoms with van der Waals surface area (Å²) in [4.78, 5) is 45.5. The number of carbonyl (C=O) groups excluding carboxylic acids is 2. The Morgan fingerprint density at radius 1 is 0.353 bits per heavy atom. The maximum Gasteiger partial charge on any atom is 0.340 e. The van der Waals surface area contributed by atoms with E-state index < -0.39 is 35.1 Å². The van der Waals surface area contributed by atoms with Gasteiger partial charge < -0.3 is 49.6 Å². The molecule has 0 aromatic heterocycles. The fraction of sp³-hybridized carbons (Fsp3) is 0.0370. The Balaban J connectivity index is 0.000000126. The van der Waals surface area contributed by atoms with Crippen molar-refractivity contribution in [3.8, 4) is 46.0 Å². The molecule has 0 amide bonds. The van der Waals surface area contributed by atoms with Gasteiger partial charge in [-0.05, 0) is 84.9 Å². The van der Waals surface area contributed by atoms with E-state index in [4.69, 9.17) is 29.2 Å². The largest absolute Gasteiger partial charge is 0.508 e. The molecule has 68 heavy (non-hydrogen) atoms. The zero-order chi connectivity index (χ0) is 47.7. The molecule has 6 N–H and O–H groups in total. The summed E-state index contributed by atoms with van der Waals surface area (Å²) in [7, 11) is 0. The normalized spacial score (nSPS) is 13.9. The lowest BCUT2D eigenvalue weighted by Crippen LogP contribution is -2.32. The van der Waals surface area contributed by atoms with E-state index in [9.17, 15) is 39.6 Å². The molecule has 12 rings (SSSR count). The SMILES string of the molecule is O=C(O)c1ccccc1.O=C(O)c1ccccc1.O=C1OC2(c3ccc(O)cc3Oc3cc(O)ccc32)c2ccccc21.O=C1OC2(c3ccc(O)cc3Oc3cc(O)ccc32)c2ccccc21. The number of aromatic carboxylic acids is 2. The van der Waals surface area contributed by atoms with Crippen LogP contribution in [0.4, 0.5) is 0 Å². The molecule has 336 valence electrons. The van der Waals surface area contributed by atoms with Gasteiger partial charge in [0.05, 0.1) is 22.3 Å². The van der Waals surface area contributed by atoms with E-state index in [1.54, 1.807) is 109 Å². The second-order valence-electron chi connectivity index (χ2n) is 15.5. The number of rotatable bonds is 2. The Hall–Kier alpha value is -9.56. The number of fused-ring (bicyclic) bond motifs is 12. The molecule has 0 aliphatic carbocycles. The molecule has 0 fully saturated rings. The monoisotopic (exact) mass is 908 g/mol. The van der Waals surface area contributed by atoms with Gasteiger partial charge in [0.2, 0.25) is 0 Å². The maximum atomic E-state index is 12.5. The number of carboxylic acids is 2. The quantitative estimate of drug-likeness (QED) is 0.0888. The zero-order valence-electron chi connectivity index (χ0n) is 35.3. The van der Waals surface area contributed by atoms with Crippen LogP contribution in [0, 0.1) is 0 Å². The number of hydrogen-bond acceptors (Lipinski definition) is 12. The number of carboxylic acid groups (broad SMARTS) is 2. The van der Waals surface area contributed by atoms with Crippen LogP contribution in [0.5, 0.6) is 46.0 Å². The molecule has 8 aromatic carbocycles. The van der Waals surface area contributed by atoms with Crippen LogP contribution in [-0.2, 0) is 20.7 Å². The highest BCUT2D eigenvalue weighted by Gasteiger charge is 2.55. The number of hydrogen-bond donors (Lipinski definition) is 6. The van der Waals surface area contributed by atoms with E-state index >= 15 is 0 Å². The van der Waals surface area contributed by atoms with Crippen molar-refractivity contribution in [2.45, 2.75) is 11.2 Å². The highest BCUT2D eigenvalue weighted by molar-refractivity contribution is 5.98. The van der Waals surface area contributed by atoms with Crippen LogP contribution >= 0.6 is 0 Å². The standard InChI is InChI=1S/2C20H12O5.2C7H6O2/c2*21-11-5-7-15-17(9-11)24-18-10-12(22)6-8-16(18)20(15)14-4-2-1-3-13(14)19(23)25-20;2*8-7(9)6-4-2-1-3-5-6/h2*1-10,21-22H;2*1-5H,(H,8,9). The fourth-order valence-electron chi connectivity index (χ4n) is 8.47. The van der Waals surface area contributed by atoms with Crippen molar-refractivity contribution in [3.05, 3.63) is 238 Å². The molecule has 0 saturated heterocycles. The lowest BCUT2D eigenvalue weighted by Gasteiger charge is -2.36. The summed E-state index contributed by atoms with van der Waals surface area (Å²) in [6.07, 6.45) is 0. The predicted octanol–water partition coefficient (Wildman–Crippen LogP) is 10.1. The van der Waals surface area contributed by atoms with Crippen LogP contribution in [0.2, 0.25) is 0 Å². The maximum absolute atomic E-state index is 12.5. The highest BCUT2D eigenvalue weighted by Crippen LogP contribution is 2.58. The third kappa shape index (κ3) is 7.66. The molecule has 0 saturated carbocycles. The van der Waals surface area contributed by atoms with Crippen LogP contribution in [0.3, 0.4) is 0 Å². The number of phenolic OH excluding ortho intramolecular Hbond substituents is 4. The van der Waals surface area contributed by atoms with E-state index in [0.29, 0.717) is 78.6 Å². The first-order chi connectivity index (χ1) is 32.8. The topological polar surface area (TPSA) is 227 Å². The molecule has 4 aliphatic heterocycles. The van der Waals surface area contributed by atoms with E-state index in [-0.39, 0.29) is 23.0 Å². The summed E-state index contributed by atoms with van der Waals surface area (Å²) < 4.78 is 23.6. The van der Waals surface area contributed by atoms with Gasteiger partial charge in [-0.1, -0.05) is 72.8 Å². The molecule has 0 atom stereocenters. The molecule has 4 heterocycles. The van der Waals surface area contributed by atoms with Crippen molar-refractivity contribution >= 4 is 23.9 Å². The summed E-state index contributed by atoms with van der Waals surface area (Å²) >= 11 is 0. The van der Waals surface area contributed by atoms with Gasteiger partial charge in [-0.15, -0.1) is 0 Å². The summed E-state index contributed by atoms with van der Waals surface area (Å²) in [5, 5.41) is 56.1. The Morgan fingerprint density at radius 2 is 0.632 bits per heavy atom. The predicted molar refractivity (Wildman–Crippen MR) is 243 cm³/mol. The van der Waals surface area contributed by atoms with Gasteiger partial charge in [0.15, 0.2) is 11.2 Å². The Labute approximate surface area is 386 Å². The number of benzene rings is 8. The third-order valence-corrected chi connectivity index (χ3v) is 11.4. The molecule has 0 bridgehead atoms. The van der Waals surface area contributed by atoms with Gasteiger partial charge in [0, 0.05) is 57.6 Å². The number of carbonyl (C=O) groups is 4. The van der Waals surface area contributed by atoms with Crippen LogP contribution < -0.4 is 9.47 Å². The van der Waals surface area contributed by atoms with Gasteiger partial charge in [0.25, 0.3) is 0 Å². The Bertz CT molecular complexity index is 2970. The van der Waals surface area contributed by atoms with Crippen molar-refractivity contribution in [2.75, 3.05) is 0 Å². The minimum Gasteiger partial charge on any atom is -0.508 e. The van der Waals surface area contributed by atoms with Crippen LogP contribution in [-0.4, -0.2) is 54.5 Å². The molecular formula is C54H36O14. The summed E-state index contributed by atoms with van der Waals surface area (Å²) in [6, 6.07) is 49.8. The summed E-state index contributed by atoms with van der Waals surface area (Å²) in [5.41, 5.74) is 3.23. The van der Waals surface area contributed by atoms with Gasteiger partial charge in [-0.2, -0.15) is 0 Å².